The predicted molar refractivity (Wildman–Crippen MR) is 111 cm³/mol. The Labute approximate surface area is 172 Å². The number of rotatable bonds is 7. The number of aromatic nitrogens is 2. The average molecular weight is 398 g/mol. The molecule has 0 aliphatic carbocycles. The highest BCUT2D eigenvalue weighted by Crippen LogP contribution is 2.36. The number of hydrogen-bond acceptors (Lipinski definition) is 4. The van der Waals surface area contributed by atoms with Crippen LogP contribution in [0.1, 0.15) is 56.1 Å². The fourth-order valence-electron chi connectivity index (χ4n) is 4.37. The summed E-state index contributed by atoms with van der Waals surface area (Å²) in [5, 5.41) is 4.98. The summed E-state index contributed by atoms with van der Waals surface area (Å²) in [6.07, 6.45) is 3.48. The SMILES string of the molecule is CC(C)CC(=O)N1CCCC1c1nn(CCOc2ccccc2)c2c1COCC2. The Morgan fingerprint density at radius 2 is 2.14 bits per heavy atom. The second-order valence-corrected chi connectivity index (χ2v) is 8.34. The Morgan fingerprint density at radius 1 is 1.31 bits per heavy atom. The van der Waals surface area contributed by atoms with Gasteiger partial charge < -0.3 is 14.4 Å². The summed E-state index contributed by atoms with van der Waals surface area (Å²) < 4.78 is 13.7. The van der Waals surface area contributed by atoms with Crippen molar-refractivity contribution in [3.63, 3.8) is 0 Å². The van der Waals surface area contributed by atoms with Crippen molar-refractivity contribution in [3.05, 3.63) is 47.3 Å². The molecule has 1 saturated heterocycles. The van der Waals surface area contributed by atoms with Gasteiger partial charge in [0.05, 0.1) is 31.5 Å². The van der Waals surface area contributed by atoms with Gasteiger partial charge in [0.2, 0.25) is 5.91 Å². The van der Waals surface area contributed by atoms with Crippen LogP contribution in [0.25, 0.3) is 0 Å². The number of carbonyl (C=O) groups is 1. The molecule has 6 heteroatoms. The highest BCUT2D eigenvalue weighted by atomic mass is 16.5. The van der Waals surface area contributed by atoms with Gasteiger partial charge in [0.25, 0.3) is 0 Å². The van der Waals surface area contributed by atoms with E-state index in [0.717, 1.165) is 43.9 Å². The Morgan fingerprint density at radius 3 is 2.93 bits per heavy atom. The number of hydrogen-bond donors (Lipinski definition) is 0. The minimum absolute atomic E-state index is 0.0768. The van der Waals surface area contributed by atoms with E-state index in [0.29, 0.717) is 32.1 Å². The molecule has 156 valence electrons. The van der Waals surface area contributed by atoms with E-state index in [1.165, 1.54) is 11.3 Å². The highest BCUT2D eigenvalue weighted by molar-refractivity contribution is 5.77. The van der Waals surface area contributed by atoms with E-state index >= 15 is 0 Å². The molecule has 0 bridgehead atoms. The van der Waals surface area contributed by atoms with Gasteiger partial charge in [0, 0.05) is 30.6 Å². The monoisotopic (exact) mass is 397 g/mol. The van der Waals surface area contributed by atoms with E-state index in [1.54, 1.807) is 0 Å². The molecule has 1 aromatic carbocycles. The molecule has 1 unspecified atom stereocenters. The van der Waals surface area contributed by atoms with E-state index < -0.39 is 0 Å². The molecule has 1 atom stereocenters. The lowest BCUT2D eigenvalue weighted by Gasteiger charge is -2.25. The third kappa shape index (κ3) is 4.47. The molecular weight excluding hydrogens is 366 g/mol. The van der Waals surface area contributed by atoms with Crippen LogP contribution < -0.4 is 4.74 Å². The molecule has 3 heterocycles. The zero-order valence-corrected chi connectivity index (χ0v) is 17.5. The molecule has 0 spiro atoms. The number of likely N-dealkylation sites (tertiary alicyclic amines) is 1. The molecule has 2 aromatic rings. The molecule has 6 nitrogen and oxygen atoms in total. The number of amides is 1. The van der Waals surface area contributed by atoms with Crippen molar-refractivity contribution in [2.45, 2.75) is 58.7 Å². The number of benzene rings is 1. The fourth-order valence-corrected chi connectivity index (χ4v) is 4.37. The molecule has 0 N–H and O–H groups in total. The molecule has 1 amide bonds. The first-order valence-electron chi connectivity index (χ1n) is 10.8. The maximum atomic E-state index is 12.8. The van der Waals surface area contributed by atoms with Gasteiger partial charge in [-0.25, -0.2) is 0 Å². The second kappa shape index (κ2) is 8.99. The smallest absolute Gasteiger partial charge is 0.223 e. The topological polar surface area (TPSA) is 56.6 Å². The summed E-state index contributed by atoms with van der Waals surface area (Å²) in [5.74, 6) is 1.49. The summed E-state index contributed by atoms with van der Waals surface area (Å²) in [7, 11) is 0. The highest BCUT2D eigenvalue weighted by Gasteiger charge is 2.35. The Hall–Kier alpha value is -2.34. The molecule has 4 rings (SSSR count). The van der Waals surface area contributed by atoms with Crippen LogP contribution in [0.15, 0.2) is 30.3 Å². The largest absolute Gasteiger partial charge is 0.492 e. The molecule has 0 radical (unpaired) electrons. The molecule has 2 aliphatic heterocycles. The standard InChI is InChI=1S/C23H31N3O3/c1-17(2)15-22(27)25-11-6-9-21(25)23-19-16-28-13-10-20(19)26(24-23)12-14-29-18-7-4-3-5-8-18/h3-5,7-8,17,21H,6,9-16H2,1-2H3. The summed E-state index contributed by atoms with van der Waals surface area (Å²) in [6.45, 7) is 7.60. The van der Waals surface area contributed by atoms with Crippen molar-refractivity contribution in [2.24, 2.45) is 5.92 Å². The van der Waals surface area contributed by atoms with Crippen molar-refractivity contribution in [2.75, 3.05) is 19.8 Å². The van der Waals surface area contributed by atoms with Crippen LogP contribution >= 0.6 is 0 Å². The maximum absolute atomic E-state index is 12.8. The van der Waals surface area contributed by atoms with E-state index in [4.69, 9.17) is 14.6 Å². The van der Waals surface area contributed by atoms with Crippen LogP contribution in [0, 0.1) is 5.92 Å². The number of fused-ring (bicyclic) bond motifs is 1. The number of para-hydroxylation sites is 1. The van der Waals surface area contributed by atoms with Crippen LogP contribution in [0.5, 0.6) is 5.75 Å². The third-order valence-electron chi connectivity index (χ3n) is 5.71. The van der Waals surface area contributed by atoms with Gasteiger partial charge in [0.15, 0.2) is 0 Å². The molecule has 0 saturated carbocycles. The summed E-state index contributed by atoms with van der Waals surface area (Å²) >= 11 is 0. The van der Waals surface area contributed by atoms with Crippen LogP contribution in [0.4, 0.5) is 0 Å². The second-order valence-electron chi connectivity index (χ2n) is 8.34. The van der Waals surface area contributed by atoms with Crippen molar-refractivity contribution in [1.29, 1.82) is 0 Å². The van der Waals surface area contributed by atoms with Gasteiger partial charge in [0.1, 0.15) is 12.4 Å². The lowest BCUT2D eigenvalue weighted by Crippen LogP contribution is -2.32. The number of carbonyl (C=O) groups excluding carboxylic acids is 1. The first-order chi connectivity index (χ1) is 14.1. The normalized spacial score (nSPS) is 18.9. The molecular formula is C23H31N3O3. The minimum Gasteiger partial charge on any atom is -0.492 e. The maximum Gasteiger partial charge on any atom is 0.223 e. The van der Waals surface area contributed by atoms with Crippen LogP contribution in [-0.4, -0.2) is 40.3 Å². The molecule has 1 aromatic heterocycles. The first kappa shape index (κ1) is 20.0. The van der Waals surface area contributed by atoms with Crippen molar-refractivity contribution in [1.82, 2.24) is 14.7 Å². The predicted octanol–water partition coefficient (Wildman–Crippen LogP) is 3.74. The van der Waals surface area contributed by atoms with Crippen molar-refractivity contribution >= 4 is 5.91 Å². The third-order valence-corrected chi connectivity index (χ3v) is 5.71. The van der Waals surface area contributed by atoms with Gasteiger partial charge in [-0.15, -0.1) is 0 Å². The molecule has 1 fully saturated rings. The van der Waals surface area contributed by atoms with E-state index in [-0.39, 0.29) is 11.9 Å². The zero-order valence-electron chi connectivity index (χ0n) is 17.5. The van der Waals surface area contributed by atoms with Crippen LogP contribution in [0.3, 0.4) is 0 Å². The van der Waals surface area contributed by atoms with Gasteiger partial charge >= 0.3 is 0 Å². The van der Waals surface area contributed by atoms with Crippen molar-refractivity contribution in [3.8, 4) is 5.75 Å². The quantitative estimate of drug-likeness (QED) is 0.714. The van der Waals surface area contributed by atoms with Gasteiger partial charge in [-0.1, -0.05) is 32.0 Å². The lowest BCUT2D eigenvalue weighted by molar-refractivity contribution is -0.133. The van der Waals surface area contributed by atoms with E-state index in [9.17, 15) is 4.79 Å². The summed E-state index contributed by atoms with van der Waals surface area (Å²) in [6, 6.07) is 9.94. The zero-order chi connectivity index (χ0) is 20.2. The fraction of sp³-hybridized carbons (Fsp3) is 0.565. The minimum atomic E-state index is 0.0768. The Kier molecular flexibility index (Phi) is 6.19. The summed E-state index contributed by atoms with van der Waals surface area (Å²) in [4.78, 5) is 14.8. The Bertz CT molecular complexity index is 831. The molecule has 2 aliphatic rings. The first-order valence-corrected chi connectivity index (χ1v) is 10.8. The number of ether oxygens (including phenoxy) is 2. The average Bonchev–Trinajstić information content (AvgIpc) is 3.33. The van der Waals surface area contributed by atoms with Crippen LogP contribution in [0.2, 0.25) is 0 Å². The molecule has 29 heavy (non-hydrogen) atoms. The number of nitrogens with zero attached hydrogens (tertiary/aromatic N) is 3. The lowest BCUT2D eigenvalue weighted by atomic mass is 10.0. The van der Waals surface area contributed by atoms with E-state index in [1.807, 2.05) is 35.2 Å². The van der Waals surface area contributed by atoms with Gasteiger partial charge in [-0.05, 0) is 30.9 Å². The van der Waals surface area contributed by atoms with E-state index in [2.05, 4.69) is 18.5 Å². The van der Waals surface area contributed by atoms with Gasteiger partial charge in [-0.3, -0.25) is 9.48 Å². The Balaban J connectivity index is 1.52. The van der Waals surface area contributed by atoms with Gasteiger partial charge in [-0.2, -0.15) is 5.10 Å². The van der Waals surface area contributed by atoms with Crippen LogP contribution in [-0.2, 0) is 29.1 Å². The van der Waals surface area contributed by atoms with Crippen molar-refractivity contribution < 1.29 is 14.3 Å². The summed E-state index contributed by atoms with van der Waals surface area (Å²) in [5.41, 5.74) is 3.46.